The summed E-state index contributed by atoms with van der Waals surface area (Å²) in [5.74, 6) is 0.0260. The number of amides is 3. The monoisotopic (exact) mass is 404 g/mol. The molecule has 1 aliphatic rings. The average molecular weight is 405 g/mol. The maximum atomic E-state index is 12.4. The van der Waals surface area contributed by atoms with E-state index in [0.29, 0.717) is 50.8 Å². The van der Waals surface area contributed by atoms with Crippen LogP contribution in [-0.2, 0) is 11.3 Å². The number of carbonyl (C=O) groups excluding carboxylic acids is 2. The van der Waals surface area contributed by atoms with Crippen molar-refractivity contribution >= 4 is 23.5 Å². The smallest absolute Gasteiger partial charge is 0.317 e. The zero-order valence-electron chi connectivity index (χ0n) is 15.9. The molecule has 0 radical (unpaired) electrons. The second-order valence-electron chi connectivity index (χ2n) is 6.64. The van der Waals surface area contributed by atoms with Gasteiger partial charge in [0.25, 0.3) is 0 Å². The van der Waals surface area contributed by atoms with Gasteiger partial charge in [0.1, 0.15) is 0 Å². The molecule has 2 heterocycles. The van der Waals surface area contributed by atoms with Crippen molar-refractivity contribution in [2.75, 3.05) is 39.3 Å². The highest BCUT2D eigenvalue weighted by Gasteiger charge is 2.22. The number of rotatable bonds is 6. The van der Waals surface area contributed by atoms with Crippen molar-refractivity contribution in [3.8, 4) is 5.69 Å². The highest BCUT2D eigenvalue weighted by molar-refractivity contribution is 6.30. The molecule has 0 atom stereocenters. The van der Waals surface area contributed by atoms with Crippen LogP contribution in [0.5, 0.6) is 0 Å². The van der Waals surface area contributed by atoms with Gasteiger partial charge in [-0.3, -0.25) is 9.69 Å². The number of halogens is 1. The van der Waals surface area contributed by atoms with Crippen molar-refractivity contribution in [1.29, 1.82) is 0 Å². The molecule has 150 valence electrons. The minimum Gasteiger partial charge on any atom is -0.355 e. The van der Waals surface area contributed by atoms with Crippen molar-refractivity contribution in [2.45, 2.75) is 13.5 Å². The third kappa shape index (κ3) is 5.46. The topological polar surface area (TPSA) is 82.5 Å². The third-order valence-electron chi connectivity index (χ3n) is 4.57. The first-order valence-corrected chi connectivity index (χ1v) is 9.74. The van der Waals surface area contributed by atoms with Crippen molar-refractivity contribution in [3.63, 3.8) is 0 Å². The average Bonchev–Trinajstić information content (AvgIpc) is 3.16. The van der Waals surface area contributed by atoms with Crippen molar-refractivity contribution in [1.82, 2.24) is 30.2 Å². The van der Waals surface area contributed by atoms with Gasteiger partial charge in [-0.2, -0.15) is 5.10 Å². The molecule has 28 heavy (non-hydrogen) atoms. The van der Waals surface area contributed by atoms with E-state index in [4.69, 9.17) is 11.6 Å². The summed E-state index contributed by atoms with van der Waals surface area (Å²) in [6, 6.07) is 7.30. The number of carbonyl (C=O) groups is 2. The minimum absolute atomic E-state index is 0.0260. The van der Waals surface area contributed by atoms with Crippen molar-refractivity contribution in [2.24, 2.45) is 0 Å². The molecular weight excluding hydrogens is 380 g/mol. The molecule has 1 fully saturated rings. The van der Waals surface area contributed by atoms with Gasteiger partial charge in [-0.25, -0.2) is 9.48 Å². The van der Waals surface area contributed by atoms with Gasteiger partial charge in [0.15, 0.2) is 0 Å². The second kappa shape index (κ2) is 9.57. The quantitative estimate of drug-likeness (QED) is 0.764. The Bertz CT molecular complexity index is 799. The Morgan fingerprint density at radius 3 is 2.50 bits per heavy atom. The number of aromatic nitrogens is 2. The van der Waals surface area contributed by atoms with Gasteiger partial charge in [-0.15, -0.1) is 0 Å². The minimum atomic E-state index is -0.100. The number of piperazine rings is 1. The first kappa shape index (κ1) is 20.2. The van der Waals surface area contributed by atoms with E-state index in [1.807, 2.05) is 37.4 Å². The fraction of sp³-hybridized carbons (Fsp3) is 0.421. The molecule has 0 unspecified atom stereocenters. The molecule has 1 aromatic carbocycles. The summed E-state index contributed by atoms with van der Waals surface area (Å²) < 4.78 is 1.75. The summed E-state index contributed by atoms with van der Waals surface area (Å²) in [6.07, 6.45) is 3.62. The lowest BCUT2D eigenvalue weighted by molar-refractivity contribution is -0.122. The summed E-state index contributed by atoms with van der Waals surface area (Å²) in [5, 5.41) is 10.7. The highest BCUT2D eigenvalue weighted by atomic mass is 35.5. The molecule has 8 nitrogen and oxygen atoms in total. The molecule has 1 saturated heterocycles. The van der Waals surface area contributed by atoms with Crippen LogP contribution in [0.4, 0.5) is 4.79 Å². The number of nitrogens with zero attached hydrogens (tertiary/aromatic N) is 4. The maximum Gasteiger partial charge on any atom is 0.317 e. The zero-order valence-corrected chi connectivity index (χ0v) is 16.7. The van der Waals surface area contributed by atoms with Crippen LogP contribution in [0.3, 0.4) is 0 Å². The van der Waals surface area contributed by atoms with Gasteiger partial charge in [-0.1, -0.05) is 11.6 Å². The van der Waals surface area contributed by atoms with Gasteiger partial charge >= 0.3 is 6.03 Å². The van der Waals surface area contributed by atoms with Gasteiger partial charge in [0.05, 0.1) is 18.4 Å². The lowest BCUT2D eigenvalue weighted by Crippen LogP contribution is -2.53. The summed E-state index contributed by atoms with van der Waals surface area (Å²) in [5.41, 5.74) is 1.82. The van der Waals surface area contributed by atoms with E-state index in [-0.39, 0.29) is 11.9 Å². The molecule has 2 N–H and O–H groups in total. The van der Waals surface area contributed by atoms with Crippen LogP contribution in [0.25, 0.3) is 5.69 Å². The molecule has 1 aromatic heterocycles. The molecule has 0 saturated carbocycles. The van der Waals surface area contributed by atoms with Gasteiger partial charge in [-0.05, 0) is 31.2 Å². The van der Waals surface area contributed by atoms with Crippen LogP contribution >= 0.6 is 11.6 Å². The van der Waals surface area contributed by atoms with Crippen LogP contribution in [0, 0.1) is 0 Å². The molecule has 0 bridgehead atoms. The number of hydrogen-bond acceptors (Lipinski definition) is 4. The Balaban J connectivity index is 1.44. The first-order chi connectivity index (χ1) is 13.5. The van der Waals surface area contributed by atoms with Crippen LogP contribution < -0.4 is 10.6 Å². The lowest BCUT2D eigenvalue weighted by atomic mass is 10.3. The SMILES string of the molecule is CCNC(=O)CN1CCN(C(=O)NCc2cnn(-c3ccc(Cl)cc3)c2)CC1. The van der Waals surface area contributed by atoms with Crippen molar-refractivity contribution < 1.29 is 9.59 Å². The number of urea groups is 1. The summed E-state index contributed by atoms with van der Waals surface area (Å²) in [7, 11) is 0. The summed E-state index contributed by atoms with van der Waals surface area (Å²) >= 11 is 5.91. The number of likely N-dealkylation sites (N-methyl/N-ethyl adjacent to an activating group) is 1. The number of hydrogen-bond donors (Lipinski definition) is 2. The Hall–Kier alpha value is -2.58. The highest BCUT2D eigenvalue weighted by Crippen LogP contribution is 2.13. The standard InChI is InChI=1S/C19H25ClN6O2/c1-2-21-18(27)14-24-7-9-25(10-8-24)19(28)22-11-15-12-23-26(13-15)17-5-3-16(20)4-6-17/h3-6,12-13H,2,7-11,14H2,1H3,(H,21,27)(H,22,28). The number of benzene rings is 1. The van der Waals surface area contributed by atoms with E-state index >= 15 is 0 Å². The maximum absolute atomic E-state index is 12.4. The van der Waals surface area contributed by atoms with E-state index < -0.39 is 0 Å². The summed E-state index contributed by atoms with van der Waals surface area (Å²) in [4.78, 5) is 27.9. The molecule has 0 aliphatic carbocycles. The van der Waals surface area contributed by atoms with Crippen LogP contribution in [0.2, 0.25) is 5.02 Å². The summed E-state index contributed by atoms with van der Waals surface area (Å²) in [6.45, 7) is 5.93. The predicted octanol–water partition coefficient (Wildman–Crippen LogP) is 1.49. The molecule has 3 rings (SSSR count). The largest absolute Gasteiger partial charge is 0.355 e. The molecule has 1 aliphatic heterocycles. The van der Waals surface area contributed by atoms with E-state index in [1.165, 1.54) is 0 Å². The third-order valence-corrected chi connectivity index (χ3v) is 4.82. The number of nitrogens with one attached hydrogen (secondary N) is 2. The van der Waals surface area contributed by atoms with Gasteiger partial charge < -0.3 is 15.5 Å². The Morgan fingerprint density at radius 2 is 1.82 bits per heavy atom. The fourth-order valence-electron chi connectivity index (χ4n) is 3.04. The van der Waals surface area contributed by atoms with Crippen LogP contribution in [0.15, 0.2) is 36.7 Å². The van der Waals surface area contributed by atoms with E-state index in [2.05, 4.69) is 20.6 Å². The van der Waals surface area contributed by atoms with E-state index in [1.54, 1.807) is 15.8 Å². The predicted molar refractivity (Wildman–Crippen MR) is 108 cm³/mol. The Labute approximate surface area is 169 Å². The molecule has 9 heteroatoms. The Kier molecular flexibility index (Phi) is 6.89. The zero-order chi connectivity index (χ0) is 19.9. The van der Waals surface area contributed by atoms with Gasteiger partial charge in [0.2, 0.25) is 5.91 Å². The van der Waals surface area contributed by atoms with E-state index in [9.17, 15) is 9.59 Å². The molecular formula is C19H25ClN6O2. The molecule has 2 aromatic rings. The molecule has 0 spiro atoms. The molecule has 3 amide bonds. The van der Waals surface area contributed by atoms with Crippen LogP contribution in [-0.4, -0.2) is 70.8 Å². The van der Waals surface area contributed by atoms with E-state index in [0.717, 1.165) is 11.3 Å². The van der Waals surface area contributed by atoms with Gasteiger partial charge in [0, 0.05) is 56.1 Å². The fourth-order valence-corrected chi connectivity index (χ4v) is 3.17. The van der Waals surface area contributed by atoms with Crippen LogP contribution in [0.1, 0.15) is 12.5 Å². The Morgan fingerprint density at radius 1 is 1.11 bits per heavy atom. The lowest BCUT2D eigenvalue weighted by Gasteiger charge is -2.34. The normalized spacial score (nSPS) is 14.7. The first-order valence-electron chi connectivity index (χ1n) is 9.36. The van der Waals surface area contributed by atoms with Crippen molar-refractivity contribution in [3.05, 3.63) is 47.2 Å². The second-order valence-corrected chi connectivity index (χ2v) is 7.08.